The maximum atomic E-state index is 11.7. The molecule has 0 aliphatic carbocycles. The summed E-state index contributed by atoms with van der Waals surface area (Å²) in [5.74, 6) is -0.160. The summed E-state index contributed by atoms with van der Waals surface area (Å²) >= 11 is 9.31. The van der Waals surface area contributed by atoms with Gasteiger partial charge in [0.1, 0.15) is 0 Å². The molecule has 0 fully saturated rings. The Kier molecular flexibility index (Phi) is 40.9. The standard InChI is InChI=1S/2C18H36O2S.2C4H9.Sn/c2*1-5-9-11-15(7-3)13-18(21,17(19)20)14-16(8-4)12-10-6-2;2*1-3-4-2;/h2*15-16,21H,5-14H2,1-4H3,(H,19,20);2*1,3-4H2,2H3;/q;;;;+2/p-2. The van der Waals surface area contributed by atoms with Crippen molar-refractivity contribution < 1.29 is 19.8 Å². The van der Waals surface area contributed by atoms with Gasteiger partial charge in [-0.15, -0.1) is 0 Å². The number of carbonyl (C=O) groups is 2. The van der Waals surface area contributed by atoms with Gasteiger partial charge in [0, 0.05) is 0 Å². The molecule has 4 unspecified atom stereocenters. The van der Waals surface area contributed by atoms with Gasteiger partial charge in [-0.05, 0) is 49.4 Å². The molecule has 0 spiro atoms. The SMILES string of the molecule is CCCCC(CC)CC(S)(CC(CC)CCCC)C(=O)[O-].CCCCC(CC)CC(S)(CC(CC)CCCC)C(=O)[O-].CCC[CH2][Sn+2][CH2]CCC. The van der Waals surface area contributed by atoms with Gasteiger partial charge >= 0.3 is 69.5 Å². The zero-order chi connectivity index (χ0) is 39.6. The molecule has 0 amide bonds. The van der Waals surface area contributed by atoms with Crippen LogP contribution in [0.3, 0.4) is 0 Å². The van der Waals surface area contributed by atoms with Crippen LogP contribution in [0.5, 0.6) is 0 Å². The van der Waals surface area contributed by atoms with E-state index in [1.807, 2.05) is 0 Å². The number of unbranched alkanes of at least 4 members (excludes halogenated alkanes) is 6. The predicted molar refractivity (Wildman–Crippen MR) is 230 cm³/mol. The second kappa shape index (κ2) is 37.4. The molecule has 0 rings (SSSR count). The van der Waals surface area contributed by atoms with Gasteiger partial charge < -0.3 is 19.8 Å². The molecule has 0 aromatic carbocycles. The van der Waals surface area contributed by atoms with E-state index < -0.39 is 21.4 Å². The molecule has 0 saturated heterocycles. The minimum atomic E-state index is -0.976. The third-order valence-electron chi connectivity index (χ3n) is 10.9. The van der Waals surface area contributed by atoms with Gasteiger partial charge in [0.15, 0.2) is 0 Å². The van der Waals surface area contributed by atoms with Crippen LogP contribution in [0.25, 0.3) is 0 Å². The third kappa shape index (κ3) is 30.4. The van der Waals surface area contributed by atoms with E-state index in [-0.39, 0.29) is 21.1 Å². The van der Waals surface area contributed by atoms with Crippen molar-refractivity contribution in [1.82, 2.24) is 0 Å². The van der Waals surface area contributed by atoms with Crippen molar-refractivity contribution in [2.24, 2.45) is 23.7 Å². The number of rotatable bonds is 32. The molecule has 0 saturated carbocycles. The average Bonchev–Trinajstić information content (AvgIpc) is 3.12. The number of carboxylic acids is 2. The van der Waals surface area contributed by atoms with Crippen molar-refractivity contribution in [1.29, 1.82) is 0 Å². The van der Waals surface area contributed by atoms with Crippen LogP contribution in [0.4, 0.5) is 0 Å². The molecular weight excluding hydrogens is 775 g/mol. The molecular formula is C44H88O4S2Sn. The van der Waals surface area contributed by atoms with Crippen LogP contribution in [0, 0.1) is 23.7 Å². The van der Waals surface area contributed by atoms with E-state index in [1.54, 1.807) is 8.87 Å². The van der Waals surface area contributed by atoms with E-state index in [0.29, 0.717) is 49.4 Å². The molecule has 0 bridgehead atoms. The second-order valence-corrected chi connectivity index (χ2v) is 21.6. The summed E-state index contributed by atoms with van der Waals surface area (Å²) in [6, 6.07) is 0. The van der Waals surface area contributed by atoms with Crippen molar-refractivity contribution in [3.8, 4) is 0 Å². The summed E-state index contributed by atoms with van der Waals surface area (Å²) in [5.41, 5.74) is 0. The van der Waals surface area contributed by atoms with Crippen LogP contribution in [-0.2, 0) is 9.59 Å². The Morgan fingerprint density at radius 3 is 0.824 bits per heavy atom. The molecule has 0 heterocycles. The van der Waals surface area contributed by atoms with Gasteiger partial charge in [-0.2, -0.15) is 25.3 Å². The van der Waals surface area contributed by atoms with Crippen molar-refractivity contribution in [2.45, 2.75) is 242 Å². The van der Waals surface area contributed by atoms with Crippen LogP contribution < -0.4 is 10.2 Å². The molecule has 0 radical (unpaired) electrons. The third-order valence-corrected chi connectivity index (χ3v) is 16.0. The van der Waals surface area contributed by atoms with Crippen LogP contribution >= 0.6 is 25.3 Å². The molecule has 51 heavy (non-hydrogen) atoms. The summed E-state index contributed by atoms with van der Waals surface area (Å²) in [6.07, 6.45) is 26.3. The van der Waals surface area contributed by atoms with E-state index in [1.165, 1.54) is 51.4 Å². The molecule has 4 atom stereocenters. The van der Waals surface area contributed by atoms with Gasteiger partial charge in [0.25, 0.3) is 0 Å². The van der Waals surface area contributed by atoms with Crippen molar-refractivity contribution in [3.63, 3.8) is 0 Å². The van der Waals surface area contributed by atoms with Crippen LogP contribution in [0.15, 0.2) is 0 Å². The first-order chi connectivity index (χ1) is 24.3. The molecule has 0 aliphatic heterocycles. The summed E-state index contributed by atoms with van der Waals surface area (Å²) in [4.78, 5) is 23.4. The Labute approximate surface area is 341 Å². The zero-order valence-corrected chi connectivity index (χ0v) is 40.4. The van der Waals surface area contributed by atoms with Crippen molar-refractivity contribution in [3.05, 3.63) is 0 Å². The van der Waals surface area contributed by atoms with Gasteiger partial charge in [-0.25, -0.2) is 0 Å². The van der Waals surface area contributed by atoms with Crippen LogP contribution in [-0.4, -0.2) is 42.6 Å². The number of hydrogen-bond acceptors (Lipinski definition) is 6. The van der Waals surface area contributed by atoms with Gasteiger partial charge in [0.05, 0.1) is 21.4 Å². The summed E-state index contributed by atoms with van der Waals surface area (Å²) < 4.78 is 1.34. The normalized spacial score (nSPS) is 15.8. The Morgan fingerprint density at radius 1 is 0.451 bits per heavy atom. The fourth-order valence-electron chi connectivity index (χ4n) is 6.91. The Balaban J connectivity index is -0.000000731. The van der Waals surface area contributed by atoms with E-state index in [4.69, 9.17) is 0 Å². The molecule has 7 heteroatoms. The molecule has 0 aromatic rings. The molecule has 0 N–H and O–H groups in total. The average molecular weight is 864 g/mol. The second-order valence-electron chi connectivity index (χ2n) is 15.6. The monoisotopic (exact) mass is 865 g/mol. The summed E-state index contributed by atoms with van der Waals surface area (Å²) in [6.45, 7) is 21.9. The van der Waals surface area contributed by atoms with E-state index in [0.717, 1.165) is 77.0 Å². The Morgan fingerprint density at radius 2 is 0.667 bits per heavy atom. The topological polar surface area (TPSA) is 80.3 Å². The Bertz CT molecular complexity index is 682. The molecule has 0 aromatic heterocycles. The van der Waals surface area contributed by atoms with Crippen molar-refractivity contribution in [2.75, 3.05) is 0 Å². The van der Waals surface area contributed by atoms with Crippen LogP contribution in [0.1, 0.15) is 223 Å². The summed E-state index contributed by atoms with van der Waals surface area (Å²) in [7, 11) is 0. The number of aliphatic carboxylic acids is 2. The number of carboxylic acid groups (broad SMARTS) is 2. The fourth-order valence-corrected chi connectivity index (χ4v) is 12.1. The Hall–Kier alpha value is 0.439. The summed E-state index contributed by atoms with van der Waals surface area (Å²) in [5, 5.41) is 23.4. The quantitative estimate of drug-likeness (QED) is 0.0401. The van der Waals surface area contributed by atoms with Gasteiger partial charge in [-0.3, -0.25) is 0 Å². The first-order valence-electron chi connectivity index (χ1n) is 21.9. The predicted octanol–water partition coefficient (Wildman–Crippen LogP) is 12.4. The number of hydrogen-bond donors (Lipinski definition) is 2. The maximum absolute atomic E-state index is 11.7. The van der Waals surface area contributed by atoms with Gasteiger partial charge in [-0.1, -0.05) is 158 Å². The number of carbonyl (C=O) groups excluding carboxylic acids is 2. The van der Waals surface area contributed by atoms with E-state index >= 15 is 0 Å². The number of thiol groups is 2. The first kappa shape index (κ1) is 55.8. The van der Waals surface area contributed by atoms with E-state index in [2.05, 4.69) is 94.5 Å². The zero-order valence-electron chi connectivity index (χ0n) is 35.7. The van der Waals surface area contributed by atoms with Crippen molar-refractivity contribution >= 4 is 58.3 Å². The fraction of sp³-hybridized carbons (Fsp3) is 0.955. The van der Waals surface area contributed by atoms with E-state index in [9.17, 15) is 19.8 Å². The van der Waals surface area contributed by atoms with Gasteiger partial charge in [0.2, 0.25) is 0 Å². The minimum absolute atomic E-state index is 0.149. The first-order valence-corrected chi connectivity index (χ1v) is 26.8. The molecule has 0 aliphatic rings. The molecule has 4 nitrogen and oxygen atoms in total. The molecule has 304 valence electrons. The van der Waals surface area contributed by atoms with Crippen LogP contribution in [0.2, 0.25) is 8.87 Å².